The van der Waals surface area contributed by atoms with Crippen molar-refractivity contribution in [3.8, 4) is 0 Å². The van der Waals surface area contributed by atoms with Crippen LogP contribution >= 0.6 is 11.8 Å². The molecule has 0 unspecified atom stereocenters. The first-order chi connectivity index (χ1) is 13.8. The number of thioether (sulfide) groups is 1. The second-order valence-electron chi connectivity index (χ2n) is 6.87. The lowest BCUT2D eigenvalue weighted by atomic mass is 10.0. The van der Waals surface area contributed by atoms with E-state index < -0.39 is 24.5 Å². The third-order valence-corrected chi connectivity index (χ3v) is 5.12. The Hall–Kier alpha value is -2.80. The summed E-state index contributed by atoms with van der Waals surface area (Å²) in [7, 11) is 0. The van der Waals surface area contributed by atoms with Gasteiger partial charge in [-0.25, -0.2) is 4.79 Å². The first kappa shape index (κ1) is 22.5. The fraction of sp³-hybridized carbons (Fsp3) is 0.318. The van der Waals surface area contributed by atoms with Crippen LogP contribution in [0.5, 0.6) is 0 Å². The van der Waals surface area contributed by atoms with Gasteiger partial charge in [-0.15, -0.1) is 11.8 Å². The molecule has 0 aliphatic rings. The van der Waals surface area contributed by atoms with E-state index in [1.165, 1.54) is 11.8 Å². The minimum Gasteiger partial charge on any atom is -0.454 e. The number of hydrogen-bond donors (Lipinski definition) is 2. The zero-order valence-electron chi connectivity index (χ0n) is 17.0. The van der Waals surface area contributed by atoms with E-state index in [2.05, 4.69) is 10.6 Å². The maximum Gasteiger partial charge on any atom is 0.329 e. The first-order valence-corrected chi connectivity index (χ1v) is 10.5. The number of benzene rings is 2. The predicted molar refractivity (Wildman–Crippen MR) is 115 cm³/mol. The summed E-state index contributed by atoms with van der Waals surface area (Å²) in [6, 6.07) is 13.7. The largest absolute Gasteiger partial charge is 0.454 e. The zero-order chi connectivity index (χ0) is 21.4. The average Bonchev–Trinajstić information content (AvgIpc) is 2.70. The van der Waals surface area contributed by atoms with Gasteiger partial charge < -0.3 is 15.4 Å². The van der Waals surface area contributed by atoms with Crippen molar-refractivity contribution >= 4 is 35.2 Å². The molecule has 154 valence electrons. The highest BCUT2D eigenvalue weighted by Gasteiger charge is 2.27. The van der Waals surface area contributed by atoms with Crippen molar-refractivity contribution < 1.29 is 19.1 Å². The SMILES string of the molecule is CSc1ccccc1NC(=O)COC(=O)[C@@H](NC(=O)c1ccccc1C)C(C)C. The molecule has 0 aliphatic carbocycles. The van der Waals surface area contributed by atoms with Gasteiger partial charge in [0.2, 0.25) is 0 Å². The van der Waals surface area contributed by atoms with Crippen LogP contribution in [0, 0.1) is 12.8 Å². The number of para-hydroxylation sites is 1. The van der Waals surface area contributed by atoms with Gasteiger partial charge in [-0.1, -0.05) is 44.2 Å². The summed E-state index contributed by atoms with van der Waals surface area (Å²) in [5, 5.41) is 5.45. The van der Waals surface area contributed by atoms with Crippen molar-refractivity contribution in [3.63, 3.8) is 0 Å². The van der Waals surface area contributed by atoms with Gasteiger partial charge in [-0.2, -0.15) is 0 Å². The molecule has 1 atom stereocenters. The van der Waals surface area contributed by atoms with Crippen LogP contribution in [0.4, 0.5) is 5.69 Å². The third-order valence-electron chi connectivity index (χ3n) is 4.32. The van der Waals surface area contributed by atoms with Crippen LogP contribution in [-0.4, -0.2) is 36.7 Å². The molecule has 7 heteroatoms. The van der Waals surface area contributed by atoms with E-state index in [0.717, 1.165) is 10.5 Å². The van der Waals surface area contributed by atoms with Gasteiger partial charge in [-0.05, 0) is 42.9 Å². The smallest absolute Gasteiger partial charge is 0.329 e. The summed E-state index contributed by atoms with van der Waals surface area (Å²) < 4.78 is 5.17. The highest BCUT2D eigenvalue weighted by molar-refractivity contribution is 7.98. The molecular formula is C22H26N2O4S. The van der Waals surface area contributed by atoms with Crippen molar-refractivity contribution in [1.29, 1.82) is 0 Å². The van der Waals surface area contributed by atoms with Crippen molar-refractivity contribution in [2.45, 2.75) is 31.7 Å². The second kappa shape index (κ2) is 10.7. The molecule has 0 heterocycles. The minimum atomic E-state index is -0.853. The summed E-state index contributed by atoms with van der Waals surface area (Å²) in [4.78, 5) is 38.1. The molecule has 0 aromatic heterocycles. The molecule has 0 saturated carbocycles. The number of carbonyl (C=O) groups excluding carboxylic acids is 3. The summed E-state index contributed by atoms with van der Waals surface area (Å²) in [6.07, 6.45) is 1.91. The van der Waals surface area contributed by atoms with E-state index >= 15 is 0 Å². The minimum absolute atomic E-state index is 0.198. The van der Waals surface area contributed by atoms with E-state index in [-0.39, 0.29) is 11.8 Å². The van der Waals surface area contributed by atoms with Gasteiger partial charge >= 0.3 is 5.97 Å². The highest BCUT2D eigenvalue weighted by Crippen LogP contribution is 2.24. The van der Waals surface area contributed by atoms with Crippen LogP contribution in [0.3, 0.4) is 0 Å². The maximum absolute atomic E-state index is 12.5. The molecule has 0 radical (unpaired) electrons. The highest BCUT2D eigenvalue weighted by atomic mass is 32.2. The number of ether oxygens (including phenoxy) is 1. The van der Waals surface area contributed by atoms with E-state index in [1.54, 1.807) is 32.0 Å². The topological polar surface area (TPSA) is 84.5 Å². The van der Waals surface area contributed by atoms with Gasteiger partial charge in [0, 0.05) is 10.5 Å². The number of hydrogen-bond acceptors (Lipinski definition) is 5. The second-order valence-corrected chi connectivity index (χ2v) is 7.71. The lowest BCUT2D eigenvalue weighted by Gasteiger charge is -2.21. The van der Waals surface area contributed by atoms with Crippen LogP contribution in [0.15, 0.2) is 53.4 Å². The Balaban J connectivity index is 1.96. The molecule has 2 rings (SSSR count). The fourth-order valence-electron chi connectivity index (χ4n) is 2.71. The van der Waals surface area contributed by atoms with E-state index in [0.29, 0.717) is 11.3 Å². The first-order valence-electron chi connectivity index (χ1n) is 9.29. The number of anilines is 1. The van der Waals surface area contributed by atoms with Gasteiger partial charge in [0.15, 0.2) is 6.61 Å². The number of esters is 1. The van der Waals surface area contributed by atoms with Gasteiger partial charge in [0.25, 0.3) is 11.8 Å². The van der Waals surface area contributed by atoms with Gasteiger partial charge in [0.1, 0.15) is 6.04 Å². The molecule has 0 fully saturated rings. The van der Waals surface area contributed by atoms with Crippen molar-refractivity contribution in [2.75, 3.05) is 18.2 Å². The Morgan fingerprint density at radius 3 is 2.34 bits per heavy atom. The summed E-state index contributed by atoms with van der Waals surface area (Å²) in [6.45, 7) is 5.01. The van der Waals surface area contributed by atoms with E-state index in [4.69, 9.17) is 4.74 Å². The van der Waals surface area contributed by atoms with Crippen LogP contribution in [0.25, 0.3) is 0 Å². The summed E-state index contributed by atoms with van der Waals surface area (Å²) >= 11 is 1.51. The maximum atomic E-state index is 12.5. The Kier molecular flexibility index (Phi) is 8.27. The number of rotatable bonds is 8. The molecule has 0 bridgehead atoms. The quantitative estimate of drug-likeness (QED) is 0.509. The number of aryl methyl sites for hydroxylation is 1. The Labute approximate surface area is 175 Å². The molecule has 0 spiro atoms. The average molecular weight is 415 g/mol. The Morgan fingerprint density at radius 2 is 1.69 bits per heavy atom. The van der Waals surface area contributed by atoms with Crippen LogP contribution in [-0.2, 0) is 14.3 Å². The Bertz CT molecular complexity index is 883. The molecule has 2 amide bonds. The van der Waals surface area contributed by atoms with Gasteiger partial charge in [0.05, 0.1) is 5.69 Å². The number of carbonyl (C=O) groups is 3. The van der Waals surface area contributed by atoms with Crippen LogP contribution < -0.4 is 10.6 Å². The Morgan fingerprint density at radius 1 is 1.03 bits per heavy atom. The zero-order valence-corrected chi connectivity index (χ0v) is 17.8. The monoisotopic (exact) mass is 414 g/mol. The van der Waals surface area contributed by atoms with E-state index in [9.17, 15) is 14.4 Å². The standard InChI is InChI=1S/C22H26N2O4S/c1-14(2)20(24-21(26)16-10-6-5-9-15(16)3)22(27)28-13-19(25)23-17-11-7-8-12-18(17)29-4/h5-12,14,20H,13H2,1-4H3,(H,23,25)(H,24,26)/t20-/m0/s1. The van der Waals surface area contributed by atoms with Crippen molar-refractivity contribution in [3.05, 3.63) is 59.7 Å². The van der Waals surface area contributed by atoms with Gasteiger partial charge in [-0.3, -0.25) is 9.59 Å². The molecule has 0 aliphatic heterocycles. The molecular weight excluding hydrogens is 388 g/mol. The summed E-state index contributed by atoms with van der Waals surface area (Å²) in [5.41, 5.74) is 1.97. The molecule has 2 N–H and O–H groups in total. The lowest BCUT2D eigenvalue weighted by Crippen LogP contribution is -2.46. The van der Waals surface area contributed by atoms with Crippen LogP contribution in [0.2, 0.25) is 0 Å². The number of nitrogens with one attached hydrogen (secondary N) is 2. The molecule has 6 nitrogen and oxygen atoms in total. The molecule has 29 heavy (non-hydrogen) atoms. The normalized spacial score (nSPS) is 11.6. The van der Waals surface area contributed by atoms with Crippen molar-refractivity contribution in [1.82, 2.24) is 5.32 Å². The van der Waals surface area contributed by atoms with Crippen molar-refractivity contribution in [2.24, 2.45) is 5.92 Å². The molecule has 2 aromatic rings. The number of amides is 2. The molecule has 2 aromatic carbocycles. The van der Waals surface area contributed by atoms with E-state index in [1.807, 2.05) is 43.5 Å². The predicted octanol–water partition coefficient (Wildman–Crippen LogP) is 3.65. The fourth-order valence-corrected chi connectivity index (χ4v) is 3.26. The summed E-state index contributed by atoms with van der Waals surface area (Å²) in [5.74, 6) is -1.63. The lowest BCUT2D eigenvalue weighted by molar-refractivity contribution is -0.150. The van der Waals surface area contributed by atoms with Crippen LogP contribution in [0.1, 0.15) is 29.8 Å². The molecule has 0 saturated heterocycles. The third kappa shape index (κ3) is 6.35.